The summed E-state index contributed by atoms with van der Waals surface area (Å²) in [7, 11) is 2.00. The molecule has 0 saturated carbocycles. The predicted octanol–water partition coefficient (Wildman–Crippen LogP) is 3.94. The Kier molecular flexibility index (Phi) is 4.38. The van der Waals surface area contributed by atoms with Crippen molar-refractivity contribution in [1.29, 1.82) is 0 Å². The lowest BCUT2D eigenvalue weighted by Crippen LogP contribution is -2.17. The highest BCUT2D eigenvalue weighted by molar-refractivity contribution is 7.11. The van der Waals surface area contributed by atoms with E-state index >= 15 is 0 Å². The zero-order chi connectivity index (χ0) is 14.0. The molecule has 0 fully saturated rings. The number of nitrogens with one attached hydrogen (secondary N) is 1. The largest absolute Gasteiger partial charge is 0.307 e. The normalized spacial score (nSPS) is 12.7. The van der Waals surface area contributed by atoms with Crippen molar-refractivity contribution in [2.24, 2.45) is 0 Å². The van der Waals surface area contributed by atoms with Gasteiger partial charge in [-0.1, -0.05) is 36.2 Å². The highest BCUT2D eigenvalue weighted by Crippen LogP contribution is 2.29. The molecule has 102 valence electrons. The van der Waals surface area contributed by atoms with Crippen LogP contribution in [0.4, 0.5) is 0 Å². The molecule has 3 heteroatoms. The Morgan fingerprint density at radius 1 is 1.16 bits per heavy atom. The van der Waals surface area contributed by atoms with Crippen molar-refractivity contribution < 1.29 is 0 Å². The molecular weight excluding hydrogens is 252 g/mol. The molecule has 1 heterocycles. The summed E-state index contributed by atoms with van der Waals surface area (Å²) in [6.45, 7) is 8.62. The van der Waals surface area contributed by atoms with E-state index in [0.717, 1.165) is 6.42 Å². The summed E-state index contributed by atoms with van der Waals surface area (Å²) in [5.41, 5.74) is 5.14. The molecular formula is C16H22N2S. The quantitative estimate of drug-likeness (QED) is 0.913. The predicted molar refractivity (Wildman–Crippen MR) is 83.0 cm³/mol. The smallest absolute Gasteiger partial charge is 0.115 e. The van der Waals surface area contributed by atoms with Crippen LogP contribution in [0.15, 0.2) is 18.2 Å². The van der Waals surface area contributed by atoms with Crippen LogP contribution in [-0.2, 0) is 6.42 Å². The van der Waals surface area contributed by atoms with Crippen LogP contribution in [0.5, 0.6) is 0 Å². The number of rotatable bonds is 4. The molecule has 1 atom stereocenters. The first-order valence-electron chi connectivity index (χ1n) is 6.76. The number of aromatic nitrogens is 1. The number of nitrogens with zero attached hydrogens (tertiary/aromatic N) is 1. The summed E-state index contributed by atoms with van der Waals surface area (Å²) in [5.74, 6) is 0. The molecule has 19 heavy (non-hydrogen) atoms. The molecule has 0 spiro atoms. The average Bonchev–Trinajstić information content (AvgIpc) is 2.70. The number of hydrogen-bond acceptors (Lipinski definition) is 3. The average molecular weight is 274 g/mol. The molecule has 2 aromatic rings. The van der Waals surface area contributed by atoms with Gasteiger partial charge in [0.2, 0.25) is 0 Å². The second-order valence-electron chi connectivity index (χ2n) is 5.05. The Labute approximate surface area is 119 Å². The fourth-order valence-electron chi connectivity index (χ4n) is 2.51. The van der Waals surface area contributed by atoms with Crippen LogP contribution in [0.3, 0.4) is 0 Å². The van der Waals surface area contributed by atoms with Crippen LogP contribution in [-0.4, -0.2) is 12.0 Å². The van der Waals surface area contributed by atoms with Gasteiger partial charge in [-0.25, -0.2) is 4.98 Å². The van der Waals surface area contributed by atoms with Crippen LogP contribution in [0.25, 0.3) is 0 Å². The third kappa shape index (κ3) is 3.04. The highest BCUT2D eigenvalue weighted by Gasteiger charge is 2.18. The SMILES string of the molecule is CCc1nc(C(NC)c2cc(C)cc(C)c2)sc1C. The summed E-state index contributed by atoms with van der Waals surface area (Å²) in [5, 5.41) is 4.57. The molecule has 0 saturated heterocycles. The molecule has 2 rings (SSSR count). The fourth-order valence-corrected chi connectivity index (χ4v) is 3.66. The van der Waals surface area contributed by atoms with E-state index in [4.69, 9.17) is 4.98 Å². The summed E-state index contributed by atoms with van der Waals surface area (Å²) in [4.78, 5) is 6.13. The van der Waals surface area contributed by atoms with Gasteiger partial charge in [0, 0.05) is 4.88 Å². The van der Waals surface area contributed by atoms with Gasteiger partial charge in [-0.3, -0.25) is 0 Å². The maximum absolute atomic E-state index is 4.79. The molecule has 1 unspecified atom stereocenters. The van der Waals surface area contributed by atoms with Crippen LogP contribution >= 0.6 is 11.3 Å². The Bertz CT molecular complexity index is 552. The van der Waals surface area contributed by atoms with Crippen molar-refractivity contribution in [1.82, 2.24) is 10.3 Å². The lowest BCUT2D eigenvalue weighted by Gasteiger charge is -2.15. The number of hydrogen-bond donors (Lipinski definition) is 1. The minimum atomic E-state index is 0.197. The molecule has 1 N–H and O–H groups in total. The first-order chi connectivity index (χ1) is 9.05. The van der Waals surface area contributed by atoms with E-state index in [-0.39, 0.29) is 6.04 Å². The van der Waals surface area contributed by atoms with Gasteiger partial charge in [-0.15, -0.1) is 11.3 Å². The third-order valence-electron chi connectivity index (χ3n) is 3.36. The monoisotopic (exact) mass is 274 g/mol. The van der Waals surface area contributed by atoms with Gasteiger partial charge in [-0.2, -0.15) is 0 Å². The molecule has 0 radical (unpaired) electrons. The van der Waals surface area contributed by atoms with Crippen molar-refractivity contribution in [2.45, 2.75) is 40.2 Å². The second-order valence-corrected chi connectivity index (χ2v) is 6.29. The number of thiazole rings is 1. The van der Waals surface area contributed by atoms with E-state index in [2.05, 4.69) is 51.2 Å². The van der Waals surface area contributed by atoms with Crippen molar-refractivity contribution >= 4 is 11.3 Å². The zero-order valence-corrected chi connectivity index (χ0v) is 13.2. The van der Waals surface area contributed by atoms with Crippen LogP contribution in [0.1, 0.15) is 45.2 Å². The van der Waals surface area contributed by atoms with Crippen molar-refractivity contribution in [3.63, 3.8) is 0 Å². The van der Waals surface area contributed by atoms with Crippen LogP contribution < -0.4 is 5.32 Å². The zero-order valence-electron chi connectivity index (χ0n) is 12.4. The van der Waals surface area contributed by atoms with E-state index in [1.807, 2.05) is 7.05 Å². The fraction of sp³-hybridized carbons (Fsp3) is 0.438. The minimum Gasteiger partial charge on any atom is -0.307 e. The lowest BCUT2D eigenvalue weighted by molar-refractivity contribution is 0.682. The molecule has 0 aliphatic rings. The van der Waals surface area contributed by atoms with E-state index < -0.39 is 0 Å². The van der Waals surface area contributed by atoms with E-state index in [9.17, 15) is 0 Å². The summed E-state index contributed by atoms with van der Waals surface area (Å²) in [6.07, 6.45) is 1.01. The Morgan fingerprint density at radius 3 is 2.26 bits per heavy atom. The van der Waals surface area contributed by atoms with Crippen molar-refractivity contribution in [3.05, 3.63) is 50.5 Å². The lowest BCUT2D eigenvalue weighted by atomic mass is 10.0. The Balaban J connectivity index is 2.43. The second kappa shape index (κ2) is 5.85. The summed E-state index contributed by atoms with van der Waals surface area (Å²) >= 11 is 1.80. The standard InChI is InChI=1S/C16H22N2S/c1-6-14-12(4)19-16(18-14)15(17-5)13-8-10(2)7-11(3)9-13/h7-9,15,17H,6H2,1-5H3. The summed E-state index contributed by atoms with van der Waals surface area (Å²) < 4.78 is 0. The maximum atomic E-state index is 4.79. The van der Waals surface area contributed by atoms with Gasteiger partial charge in [0.25, 0.3) is 0 Å². The molecule has 0 bridgehead atoms. The van der Waals surface area contributed by atoms with E-state index in [0.29, 0.717) is 0 Å². The molecule has 2 nitrogen and oxygen atoms in total. The Morgan fingerprint density at radius 2 is 1.79 bits per heavy atom. The molecule has 0 aliphatic carbocycles. The number of aryl methyl sites for hydroxylation is 4. The third-order valence-corrected chi connectivity index (χ3v) is 4.44. The van der Waals surface area contributed by atoms with Gasteiger partial charge in [-0.05, 0) is 39.8 Å². The molecule has 0 aliphatic heterocycles. The molecule has 1 aromatic carbocycles. The first-order valence-corrected chi connectivity index (χ1v) is 7.58. The molecule has 0 amide bonds. The van der Waals surface area contributed by atoms with Crippen LogP contribution in [0.2, 0.25) is 0 Å². The van der Waals surface area contributed by atoms with Gasteiger partial charge in [0.15, 0.2) is 0 Å². The van der Waals surface area contributed by atoms with E-state index in [1.165, 1.54) is 32.3 Å². The topological polar surface area (TPSA) is 24.9 Å². The van der Waals surface area contributed by atoms with Crippen LogP contribution in [0, 0.1) is 20.8 Å². The minimum absolute atomic E-state index is 0.197. The number of benzene rings is 1. The van der Waals surface area contributed by atoms with Gasteiger partial charge < -0.3 is 5.32 Å². The first kappa shape index (κ1) is 14.2. The van der Waals surface area contributed by atoms with Gasteiger partial charge in [0.05, 0.1) is 11.7 Å². The highest BCUT2D eigenvalue weighted by atomic mass is 32.1. The maximum Gasteiger partial charge on any atom is 0.115 e. The Hall–Kier alpha value is -1.19. The van der Waals surface area contributed by atoms with Gasteiger partial charge >= 0.3 is 0 Å². The molecule has 1 aromatic heterocycles. The van der Waals surface area contributed by atoms with Crippen molar-refractivity contribution in [2.75, 3.05) is 7.05 Å². The van der Waals surface area contributed by atoms with Crippen molar-refractivity contribution in [3.8, 4) is 0 Å². The van der Waals surface area contributed by atoms with E-state index in [1.54, 1.807) is 11.3 Å². The van der Waals surface area contributed by atoms with Gasteiger partial charge in [0.1, 0.15) is 5.01 Å². The summed E-state index contributed by atoms with van der Waals surface area (Å²) in [6, 6.07) is 6.90.